The Morgan fingerprint density at radius 2 is 2.00 bits per heavy atom. The van der Waals surface area contributed by atoms with Gasteiger partial charge in [0.2, 0.25) is 0 Å². The van der Waals surface area contributed by atoms with Crippen molar-refractivity contribution in [3.63, 3.8) is 0 Å². The molecule has 20 heavy (non-hydrogen) atoms. The Kier molecular flexibility index (Phi) is 3.88. The number of para-hydroxylation sites is 1. The Hall–Kier alpha value is -1.61. The first-order valence-electron chi connectivity index (χ1n) is 7.61. The second-order valence-corrected chi connectivity index (χ2v) is 5.70. The normalized spacial score (nSPS) is 17.5. The van der Waals surface area contributed by atoms with Gasteiger partial charge in [0.1, 0.15) is 5.82 Å². The van der Waals surface area contributed by atoms with Crippen LogP contribution in [0.25, 0.3) is 10.9 Å². The summed E-state index contributed by atoms with van der Waals surface area (Å²) in [5.41, 5.74) is 2.31. The number of benzene rings is 1. The minimum Gasteiger partial charge on any atom is -0.367 e. The second-order valence-electron chi connectivity index (χ2n) is 5.70. The maximum Gasteiger partial charge on any atom is 0.129 e. The highest BCUT2D eigenvalue weighted by atomic mass is 15.1. The fraction of sp³-hybridized carbons (Fsp3) is 0.471. The van der Waals surface area contributed by atoms with Crippen molar-refractivity contribution in [2.45, 2.75) is 32.7 Å². The molecule has 1 aliphatic heterocycles. The van der Waals surface area contributed by atoms with Crippen LogP contribution in [0, 0.1) is 6.92 Å². The molecule has 1 fully saturated rings. The summed E-state index contributed by atoms with van der Waals surface area (Å²) < 4.78 is 0. The van der Waals surface area contributed by atoms with Gasteiger partial charge < -0.3 is 10.2 Å². The zero-order chi connectivity index (χ0) is 13.9. The van der Waals surface area contributed by atoms with Crippen LogP contribution >= 0.6 is 0 Å². The van der Waals surface area contributed by atoms with E-state index >= 15 is 0 Å². The number of nitrogens with one attached hydrogen (secondary N) is 1. The number of hydrogen-bond acceptors (Lipinski definition) is 3. The molecule has 106 valence electrons. The van der Waals surface area contributed by atoms with Crippen molar-refractivity contribution in [1.82, 2.24) is 9.88 Å². The van der Waals surface area contributed by atoms with Crippen molar-refractivity contribution >= 4 is 16.7 Å². The smallest absolute Gasteiger partial charge is 0.129 e. The molecule has 1 aliphatic rings. The number of likely N-dealkylation sites (tertiary alicyclic amines) is 1. The molecule has 0 aliphatic carbocycles. The first kappa shape index (κ1) is 13.4. The standard InChI is InChI=1S/C17H23N3/c1-3-20-10-8-15(9-11-20)18-17-13(2)12-14-6-4-5-7-16(14)19-17/h4-7,12,15H,3,8-11H2,1-2H3,(H,18,19). The fourth-order valence-electron chi connectivity index (χ4n) is 2.95. The molecule has 1 aromatic carbocycles. The zero-order valence-corrected chi connectivity index (χ0v) is 12.4. The number of anilines is 1. The largest absolute Gasteiger partial charge is 0.367 e. The van der Waals surface area contributed by atoms with Crippen molar-refractivity contribution in [2.24, 2.45) is 0 Å². The van der Waals surface area contributed by atoms with Crippen molar-refractivity contribution in [3.8, 4) is 0 Å². The Bertz CT molecular complexity index is 586. The minimum atomic E-state index is 0.560. The molecule has 3 nitrogen and oxygen atoms in total. The van der Waals surface area contributed by atoms with Gasteiger partial charge in [-0.2, -0.15) is 0 Å². The van der Waals surface area contributed by atoms with Gasteiger partial charge in [-0.25, -0.2) is 4.98 Å². The first-order valence-corrected chi connectivity index (χ1v) is 7.61. The monoisotopic (exact) mass is 269 g/mol. The molecular weight excluding hydrogens is 246 g/mol. The number of pyridine rings is 1. The van der Waals surface area contributed by atoms with E-state index in [2.05, 4.69) is 48.3 Å². The molecule has 2 heterocycles. The van der Waals surface area contributed by atoms with E-state index in [4.69, 9.17) is 4.98 Å². The number of rotatable bonds is 3. The Labute approximate surface area is 121 Å². The quantitative estimate of drug-likeness (QED) is 0.925. The van der Waals surface area contributed by atoms with Crippen LogP contribution < -0.4 is 5.32 Å². The fourth-order valence-corrected chi connectivity index (χ4v) is 2.95. The van der Waals surface area contributed by atoms with Gasteiger partial charge >= 0.3 is 0 Å². The molecule has 1 saturated heterocycles. The third-order valence-corrected chi connectivity index (χ3v) is 4.29. The highest BCUT2D eigenvalue weighted by Crippen LogP contribution is 2.22. The minimum absolute atomic E-state index is 0.560. The molecule has 0 unspecified atom stereocenters. The average Bonchev–Trinajstić information content (AvgIpc) is 2.49. The summed E-state index contributed by atoms with van der Waals surface area (Å²) in [5.74, 6) is 1.05. The highest BCUT2D eigenvalue weighted by molar-refractivity contribution is 5.81. The maximum absolute atomic E-state index is 4.78. The summed E-state index contributed by atoms with van der Waals surface area (Å²) in [6.45, 7) is 7.94. The lowest BCUT2D eigenvalue weighted by molar-refractivity contribution is 0.229. The Morgan fingerprint density at radius 3 is 2.75 bits per heavy atom. The Morgan fingerprint density at radius 1 is 1.25 bits per heavy atom. The molecule has 0 bridgehead atoms. The van der Waals surface area contributed by atoms with E-state index in [0.717, 1.165) is 11.3 Å². The molecular formula is C17H23N3. The van der Waals surface area contributed by atoms with Gasteiger partial charge in [-0.05, 0) is 44.0 Å². The summed E-state index contributed by atoms with van der Waals surface area (Å²) in [4.78, 5) is 7.30. The van der Waals surface area contributed by atoms with E-state index in [1.54, 1.807) is 0 Å². The molecule has 3 heteroatoms. The number of fused-ring (bicyclic) bond motifs is 1. The molecule has 1 N–H and O–H groups in total. The van der Waals surface area contributed by atoms with Gasteiger partial charge in [-0.3, -0.25) is 0 Å². The molecule has 0 spiro atoms. The predicted molar refractivity (Wildman–Crippen MR) is 85.2 cm³/mol. The van der Waals surface area contributed by atoms with Crippen LogP contribution in [-0.4, -0.2) is 35.6 Å². The second kappa shape index (κ2) is 5.80. The molecule has 0 saturated carbocycles. The van der Waals surface area contributed by atoms with E-state index in [0.29, 0.717) is 6.04 Å². The number of aryl methyl sites for hydroxylation is 1. The van der Waals surface area contributed by atoms with Crippen molar-refractivity contribution in [1.29, 1.82) is 0 Å². The molecule has 3 rings (SSSR count). The van der Waals surface area contributed by atoms with Crippen molar-refractivity contribution in [2.75, 3.05) is 25.0 Å². The van der Waals surface area contributed by atoms with Crippen molar-refractivity contribution < 1.29 is 0 Å². The lowest BCUT2D eigenvalue weighted by Crippen LogP contribution is -2.39. The van der Waals surface area contributed by atoms with Gasteiger partial charge in [0.25, 0.3) is 0 Å². The SMILES string of the molecule is CCN1CCC(Nc2nc3ccccc3cc2C)CC1. The number of hydrogen-bond donors (Lipinski definition) is 1. The van der Waals surface area contributed by atoms with Gasteiger partial charge in [0.15, 0.2) is 0 Å². The summed E-state index contributed by atoms with van der Waals surface area (Å²) >= 11 is 0. The van der Waals surface area contributed by atoms with Crippen LogP contribution in [0.2, 0.25) is 0 Å². The molecule has 0 radical (unpaired) electrons. The van der Waals surface area contributed by atoms with Gasteiger partial charge in [-0.1, -0.05) is 25.1 Å². The molecule has 0 atom stereocenters. The summed E-state index contributed by atoms with van der Waals surface area (Å²) in [6, 6.07) is 11.1. The topological polar surface area (TPSA) is 28.2 Å². The van der Waals surface area contributed by atoms with Crippen LogP contribution in [-0.2, 0) is 0 Å². The van der Waals surface area contributed by atoms with E-state index in [-0.39, 0.29) is 0 Å². The van der Waals surface area contributed by atoms with E-state index in [1.165, 1.54) is 43.4 Å². The number of aromatic nitrogens is 1. The van der Waals surface area contributed by atoms with Crippen LogP contribution in [0.1, 0.15) is 25.3 Å². The Balaban J connectivity index is 1.76. The summed E-state index contributed by atoms with van der Waals surface area (Å²) in [5, 5.41) is 4.87. The summed E-state index contributed by atoms with van der Waals surface area (Å²) in [7, 11) is 0. The molecule has 1 aromatic heterocycles. The molecule has 0 amide bonds. The predicted octanol–water partition coefficient (Wildman–Crippen LogP) is 3.44. The van der Waals surface area contributed by atoms with E-state index < -0.39 is 0 Å². The number of nitrogens with zero attached hydrogens (tertiary/aromatic N) is 2. The van der Waals surface area contributed by atoms with Crippen LogP contribution in [0.4, 0.5) is 5.82 Å². The van der Waals surface area contributed by atoms with Crippen LogP contribution in [0.5, 0.6) is 0 Å². The van der Waals surface area contributed by atoms with E-state index in [1.807, 2.05) is 6.07 Å². The third kappa shape index (κ3) is 2.78. The van der Waals surface area contributed by atoms with Crippen LogP contribution in [0.3, 0.4) is 0 Å². The maximum atomic E-state index is 4.78. The van der Waals surface area contributed by atoms with Gasteiger partial charge in [-0.15, -0.1) is 0 Å². The zero-order valence-electron chi connectivity index (χ0n) is 12.4. The molecule has 2 aromatic rings. The van der Waals surface area contributed by atoms with Gasteiger partial charge in [0.05, 0.1) is 5.52 Å². The van der Waals surface area contributed by atoms with E-state index in [9.17, 15) is 0 Å². The van der Waals surface area contributed by atoms with Crippen molar-refractivity contribution in [3.05, 3.63) is 35.9 Å². The lowest BCUT2D eigenvalue weighted by Gasteiger charge is -2.32. The summed E-state index contributed by atoms with van der Waals surface area (Å²) in [6.07, 6.45) is 2.42. The lowest BCUT2D eigenvalue weighted by atomic mass is 10.0. The van der Waals surface area contributed by atoms with Gasteiger partial charge in [0, 0.05) is 24.5 Å². The average molecular weight is 269 g/mol. The van der Waals surface area contributed by atoms with Crippen LogP contribution in [0.15, 0.2) is 30.3 Å². The number of piperidine rings is 1. The first-order chi connectivity index (χ1) is 9.76. The third-order valence-electron chi connectivity index (χ3n) is 4.29. The highest BCUT2D eigenvalue weighted by Gasteiger charge is 2.18.